The van der Waals surface area contributed by atoms with Crippen LogP contribution >= 0.6 is 0 Å². The molecule has 0 heterocycles. The van der Waals surface area contributed by atoms with Crippen LogP contribution in [0.2, 0.25) is 0 Å². The van der Waals surface area contributed by atoms with Crippen LogP contribution in [0.1, 0.15) is 40.5 Å². The van der Waals surface area contributed by atoms with Crippen molar-refractivity contribution < 1.29 is 13.2 Å². The molecule has 2 nitrogen and oxygen atoms in total. The van der Waals surface area contributed by atoms with E-state index in [9.17, 15) is 13.2 Å². The van der Waals surface area contributed by atoms with E-state index in [-0.39, 0.29) is 5.41 Å². The van der Waals surface area contributed by atoms with E-state index in [1.807, 2.05) is 6.92 Å². The highest BCUT2D eigenvalue weighted by atomic mass is 19.4. The third-order valence-electron chi connectivity index (χ3n) is 3.11. The third-order valence-corrected chi connectivity index (χ3v) is 3.11. The topological polar surface area (TPSA) is 15.3 Å². The first kappa shape index (κ1) is 17.7. The molecule has 1 unspecified atom stereocenters. The molecular weight excluding hydrogens is 241 g/mol. The van der Waals surface area contributed by atoms with E-state index in [1.54, 1.807) is 6.92 Å². The predicted molar refractivity (Wildman–Crippen MR) is 69.7 cm³/mol. The Morgan fingerprint density at radius 1 is 1.06 bits per heavy atom. The molecular formula is C13H27F3N2. The first-order chi connectivity index (χ1) is 8.26. The van der Waals surface area contributed by atoms with Crippen LogP contribution in [0.4, 0.5) is 13.2 Å². The lowest BCUT2D eigenvalue weighted by Crippen LogP contribution is -2.45. The fraction of sp³-hybridized carbons (Fsp3) is 1.00. The van der Waals surface area contributed by atoms with E-state index in [4.69, 9.17) is 0 Å². The molecule has 0 saturated carbocycles. The van der Waals surface area contributed by atoms with Crippen molar-refractivity contribution in [2.75, 3.05) is 32.7 Å². The van der Waals surface area contributed by atoms with Gasteiger partial charge in [0.2, 0.25) is 0 Å². The minimum absolute atomic E-state index is 0.0913. The lowest BCUT2D eigenvalue weighted by atomic mass is 9.84. The molecule has 0 aromatic rings. The molecule has 0 aliphatic rings. The summed E-state index contributed by atoms with van der Waals surface area (Å²) in [5.74, 6) is 0. The first-order valence-corrected chi connectivity index (χ1v) is 6.76. The van der Waals surface area contributed by atoms with Gasteiger partial charge in [-0.2, -0.15) is 13.2 Å². The van der Waals surface area contributed by atoms with E-state index < -0.39 is 12.7 Å². The molecule has 5 heteroatoms. The maximum atomic E-state index is 12.4. The second kappa shape index (κ2) is 8.00. The molecule has 0 rings (SSSR count). The van der Waals surface area contributed by atoms with E-state index in [2.05, 4.69) is 19.2 Å². The summed E-state index contributed by atoms with van der Waals surface area (Å²) in [7, 11) is 0. The normalized spacial score (nSPS) is 16.0. The summed E-state index contributed by atoms with van der Waals surface area (Å²) in [6.45, 7) is 9.67. The van der Waals surface area contributed by atoms with Crippen LogP contribution < -0.4 is 5.32 Å². The molecule has 0 amide bonds. The SMILES string of the molecule is CCCC(C)(CNCC)CN(CC)CC(F)(F)F. The Hall–Kier alpha value is -0.290. The number of alkyl halides is 3. The van der Waals surface area contributed by atoms with E-state index in [0.717, 1.165) is 25.9 Å². The lowest BCUT2D eigenvalue weighted by molar-refractivity contribution is -0.148. The van der Waals surface area contributed by atoms with Gasteiger partial charge < -0.3 is 5.32 Å². The van der Waals surface area contributed by atoms with E-state index >= 15 is 0 Å². The molecule has 110 valence electrons. The van der Waals surface area contributed by atoms with Gasteiger partial charge in [-0.15, -0.1) is 0 Å². The van der Waals surface area contributed by atoms with Crippen LogP contribution in [0.3, 0.4) is 0 Å². The van der Waals surface area contributed by atoms with Gasteiger partial charge >= 0.3 is 6.18 Å². The largest absolute Gasteiger partial charge is 0.401 e. The van der Waals surface area contributed by atoms with Gasteiger partial charge in [0.15, 0.2) is 0 Å². The zero-order valence-electron chi connectivity index (χ0n) is 12.0. The summed E-state index contributed by atoms with van der Waals surface area (Å²) in [5.41, 5.74) is -0.0913. The summed E-state index contributed by atoms with van der Waals surface area (Å²) in [5, 5.41) is 3.26. The van der Waals surface area contributed by atoms with Gasteiger partial charge in [0.05, 0.1) is 6.54 Å². The number of hydrogen-bond donors (Lipinski definition) is 1. The number of nitrogens with zero attached hydrogens (tertiary/aromatic N) is 1. The fourth-order valence-corrected chi connectivity index (χ4v) is 2.33. The van der Waals surface area contributed by atoms with Crippen molar-refractivity contribution in [1.82, 2.24) is 10.2 Å². The summed E-state index contributed by atoms with van der Waals surface area (Å²) in [6, 6.07) is 0. The Morgan fingerprint density at radius 3 is 2.06 bits per heavy atom. The second-order valence-electron chi connectivity index (χ2n) is 5.26. The molecule has 0 spiro atoms. The van der Waals surface area contributed by atoms with Crippen LogP contribution in [0.5, 0.6) is 0 Å². The Bertz CT molecular complexity index is 219. The standard InChI is InChI=1S/C13H27F3N2/c1-5-8-12(4,9-17-6-2)10-18(7-3)11-13(14,15)16/h17H,5-11H2,1-4H3. The molecule has 0 aromatic carbocycles. The van der Waals surface area contributed by atoms with Crippen molar-refractivity contribution in [1.29, 1.82) is 0 Å². The molecule has 18 heavy (non-hydrogen) atoms. The van der Waals surface area contributed by atoms with E-state index in [1.165, 1.54) is 4.90 Å². The van der Waals surface area contributed by atoms with Gasteiger partial charge in [-0.1, -0.05) is 34.1 Å². The highest BCUT2D eigenvalue weighted by Crippen LogP contribution is 2.26. The van der Waals surface area contributed by atoms with Gasteiger partial charge in [0, 0.05) is 13.1 Å². The summed E-state index contributed by atoms with van der Waals surface area (Å²) >= 11 is 0. The van der Waals surface area contributed by atoms with Crippen LogP contribution in [0, 0.1) is 5.41 Å². The summed E-state index contributed by atoms with van der Waals surface area (Å²) < 4.78 is 37.3. The second-order valence-corrected chi connectivity index (χ2v) is 5.26. The number of nitrogens with one attached hydrogen (secondary N) is 1. The molecule has 0 fully saturated rings. The highest BCUT2D eigenvalue weighted by Gasteiger charge is 2.33. The molecule has 0 aromatic heterocycles. The molecule has 0 bridgehead atoms. The van der Waals surface area contributed by atoms with Gasteiger partial charge in [-0.25, -0.2) is 0 Å². The molecule has 0 aliphatic carbocycles. The summed E-state index contributed by atoms with van der Waals surface area (Å²) in [4.78, 5) is 1.49. The zero-order valence-corrected chi connectivity index (χ0v) is 12.0. The van der Waals surface area contributed by atoms with Crippen LogP contribution in [-0.4, -0.2) is 43.8 Å². The first-order valence-electron chi connectivity index (χ1n) is 6.76. The number of rotatable bonds is 9. The number of hydrogen-bond acceptors (Lipinski definition) is 2. The van der Waals surface area contributed by atoms with Crippen molar-refractivity contribution in [2.45, 2.75) is 46.7 Å². The minimum atomic E-state index is -4.11. The average molecular weight is 268 g/mol. The Kier molecular flexibility index (Phi) is 7.87. The monoisotopic (exact) mass is 268 g/mol. The van der Waals surface area contributed by atoms with Gasteiger partial charge in [0.1, 0.15) is 0 Å². The maximum absolute atomic E-state index is 12.4. The predicted octanol–water partition coefficient (Wildman–Crippen LogP) is 3.29. The molecule has 0 saturated heterocycles. The highest BCUT2D eigenvalue weighted by molar-refractivity contribution is 4.81. The van der Waals surface area contributed by atoms with Gasteiger partial charge in [-0.3, -0.25) is 4.90 Å². The third kappa shape index (κ3) is 7.93. The fourth-order valence-electron chi connectivity index (χ4n) is 2.33. The van der Waals surface area contributed by atoms with Crippen molar-refractivity contribution in [3.05, 3.63) is 0 Å². The van der Waals surface area contributed by atoms with Crippen molar-refractivity contribution >= 4 is 0 Å². The Morgan fingerprint density at radius 2 is 1.67 bits per heavy atom. The average Bonchev–Trinajstić information content (AvgIpc) is 2.24. The van der Waals surface area contributed by atoms with Gasteiger partial charge in [-0.05, 0) is 24.9 Å². The maximum Gasteiger partial charge on any atom is 0.401 e. The van der Waals surface area contributed by atoms with Crippen LogP contribution in [0.15, 0.2) is 0 Å². The van der Waals surface area contributed by atoms with Crippen molar-refractivity contribution in [3.8, 4) is 0 Å². The Balaban J connectivity index is 4.51. The molecule has 0 radical (unpaired) electrons. The van der Waals surface area contributed by atoms with Crippen molar-refractivity contribution in [2.24, 2.45) is 5.41 Å². The molecule has 1 atom stereocenters. The quantitative estimate of drug-likeness (QED) is 0.690. The molecule has 1 N–H and O–H groups in total. The van der Waals surface area contributed by atoms with Crippen LogP contribution in [0.25, 0.3) is 0 Å². The van der Waals surface area contributed by atoms with Gasteiger partial charge in [0.25, 0.3) is 0 Å². The minimum Gasteiger partial charge on any atom is -0.316 e. The lowest BCUT2D eigenvalue weighted by Gasteiger charge is -2.35. The zero-order chi connectivity index (χ0) is 14.2. The van der Waals surface area contributed by atoms with Crippen molar-refractivity contribution in [3.63, 3.8) is 0 Å². The smallest absolute Gasteiger partial charge is 0.316 e. The summed E-state index contributed by atoms with van der Waals surface area (Å²) in [6.07, 6.45) is -2.18. The van der Waals surface area contributed by atoms with E-state index in [0.29, 0.717) is 13.1 Å². The Labute approximate surface area is 109 Å². The molecule has 0 aliphatic heterocycles. The van der Waals surface area contributed by atoms with Crippen LogP contribution in [-0.2, 0) is 0 Å². The number of halogens is 3.